The SMILES string of the molecule is N.O=C([O-])CC(O)(CC(=O)[O-])C(=O)[O-].[Zr+4]. The Bertz CT molecular complexity index is 238. The number of hydrogen-bond donors (Lipinski definition) is 2. The van der Waals surface area contributed by atoms with Gasteiger partial charge in [0.05, 0.1) is 5.97 Å². The van der Waals surface area contributed by atoms with Gasteiger partial charge >= 0.3 is 26.2 Å². The molecule has 15 heavy (non-hydrogen) atoms. The van der Waals surface area contributed by atoms with Crippen LogP contribution < -0.4 is 21.5 Å². The molecule has 0 spiro atoms. The first kappa shape index (κ1) is 19.7. The molecule has 0 fully saturated rings. The van der Waals surface area contributed by atoms with Crippen LogP contribution >= 0.6 is 0 Å². The third kappa shape index (κ3) is 7.18. The average molecular weight is 297 g/mol. The Kier molecular flexibility index (Phi) is 9.86. The zero-order chi connectivity index (χ0) is 10.6. The first-order valence-electron chi connectivity index (χ1n) is 3.11. The molecule has 0 rings (SSSR count). The number of carboxylic acid groups (broad SMARTS) is 3. The average Bonchev–Trinajstić information content (AvgIpc) is 1.82. The molecule has 0 aliphatic heterocycles. The molecular formula is C6H8NO7Zr+. The van der Waals surface area contributed by atoms with Gasteiger partial charge in [-0.2, -0.15) is 0 Å². The molecule has 0 aliphatic rings. The molecule has 0 atom stereocenters. The third-order valence-corrected chi connectivity index (χ3v) is 1.25. The zero-order valence-electron chi connectivity index (χ0n) is 7.52. The van der Waals surface area contributed by atoms with E-state index in [-0.39, 0.29) is 32.4 Å². The number of aliphatic carboxylic acids is 3. The summed E-state index contributed by atoms with van der Waals surface area (Å²) in [5.74, 6) is -5.98. The summed E-state index contributed by atoms with van der Waals surface area (Å²) in [4.78, 5) is 30.0. The van der Waals surface area contributed by atoms with Crippen LogP contribution in [0.4, 0.5) is 0 Å². The van der Waals surface area contributed by atoms with Crippen LogP contribution in [0.25, 0.3) is 0 Å². The van der Waals surface area contributed by atoms with E-state index in [4.69, 9.17) is 5.11 Å². The minimum Gasteiger partial charge on any atom is -0.550 e. The summed E-state index contributed by atoms with van der Waals surface area (Å²) in [6, 6.07) is 0. The van der Waals surface area contributed by atoms with Crippen LogP contribution in [-0.4, -0.2) is 28.6 Å². The van der Waals surface area contributed by atoms with Crippen molar-refractivity contribution in [1.82, 2.24) is 6.15 Å². The van der Waals surface area contributed by atoms with Gasteiger partial charge in [0.1, 0.15) is 5.60 Å². The van der Waals surface area contributed by atoms with E-state index >= 15 is 0 Å². The van der Waals surface area contributed by atoms with Crippen LogP contribution in [0.15, 0.2) is 0 Å². The summed E-state index contributed by atoms with van der Waals surface area (Å²) in [5.41, 5.74) is -2.97. The van der Waals surface area contributed by atoms with Crippen LogP contribution in [-0.2, 0) is 40.6 Å². The Morgan fingerprint density at radius 2 is 1.27 bits per heavy atom. The van der Waals surface area contributed by atoms with E-state index in [0.29, 0.717) is 0 Å². The summed E-state index contributed by atoms with van der Waals surface area (Å²) in [7, 11) is 0. The van der Waals surface area contributed by atoms with Gasteiger partial charge in [-0.3, -0.25) is 0 Å². The molecule has 0 aromatic heterocycles. The standard InChI is InChI=1S/C6H8O7.H3N.Zr/c7-3(8)1-6(13,5(11)12)2-4(9)10;;/h13H,1-2H2,(H,7,8)(H,9,10)(H,11,12);1H3;/q;;+4/p-3. The summed E-state index contributed by atoms with van der Waals surface area (Å²) < 4.78 is 0. The Morgan fingerprint density at radius 3 is 1.40 bits per heavy atom. The summed E-state index contributed by atoms with van der Waals surface area (Å²) >= 11 is 0. The number of carbonyl (C=O) groups is 3. The van der Waals surface area contributed by atoms with Crippen molar-refractivity contribution in [3.05, 3.63) is 0 Å². The fourth-order valence-electron chi connectivity index (χ4n) is 0.684. The first-order valence-corrected chi connectivity index (χ1v) is 3.11. The number of aliphatic hydroxyl groups is 1. The van der Waals surface area contributed by atoms with E-state index in [0.717, 1.165) is 0 Å². The molecule has 0 heterocycles. The fraction of sp³-hybridized carbons (Fsp3) is 0.500. The van der Waals surface area contributed by atoms with Crippen LogP contribution in [0.5, 0.6) is 0 Å². The van der Waals surface area contributed by atoms with Crippen molar-refractivity contribution < 1.29 is 61.0 Å². The van der Waals surface area contributed by atoms with Gasteiger partial charge in [0, 0.05) is 24.8 Å². The summed E-state index contributed by atoms with van der Waals surface area (Å²) in [5, 5.41) is 38.9. The van der Waals surface area contributed by atoms with Crippen molar-refractivity contribution in [2.24, 2.45) is 0 Å². The Labute approximate surface area is 104 Å². The number of carboxylic acids is 3. The van der Waals surface area contributed by atoms with Gasteiger partial charge in [0.2, 0.25) is 0 Å². The van der Waals surface area contributed by atoms with Crippen molar-refractivity contribution in [3.63, 3.8) is 0 Å². The molecule has 0 aromatic rings. The maximum absolute atomic E-state index is 10.1. The van der Waals surface area contributed by atoms with Gasteiger partial charge in [0.15, 0.2) is 0 Å². The molecule has 0 radical (unpaired) electrons. The molecule has 0 amide bonds. The van der Waals surface area contributed by atoms with E-state index in [1.807, 2.05) is 0 Å². The Hall–Kier alpha value is -0.787. The fourth-order valence-corrected chi connectivity index (χ4v) is 0.684. The number of hydrogen-bond acceptors (Lipinski definition) is 8. The van der Waals surface area contributed by atoms with Gasteiger partial charge in [-0.05, 0) is 0 Å². The van der Waals surface area contributed by atoms with E-state index in [1.165, 1.54) is 0 Å². The van der Waals surface area contributed by atoms with Gasteiger partial charge in [-0.1, -0.05) is 0 Å². The Balaban J connectivity index is -0.000000720. The molecule has 4 N–H and O–H groups in total. The molecule has 0 aromatic carbocycles. The van der Waals surface area contributed by atoms with Crippen LogP contribution in [0.2, 0.25) is 0 Å². The molecule has 0 unspecified atom stereocenters. The van der Waals surface area contributed by atoms with Crippen LogP contribution in [0, 0.1) is 0 Å². The molecule has 8 nitrogen and oxygen atoms in total. The number of carbonyl (C=O) groups excluding carboxylic acids is 3. The minimum atomic E-state index is -2.97. The maximum atomic E-state index is 10.1. The third-order valence-electron chi connectivity index (χ3n) is 1.25. The normalized spacial score (nSPS) is 9.40. The molecule has 0 saturated carbocycles. The molecule has 0 saturated heterocycles. The van der Waals surface area contributed by atoms with Gasteiger partial charge in [-0.15, -0.1) is 0 Å². The second kappa shape index (κ2) is 7.50. The van der Waals surface area contributed by atoms with Crippen molar-refractivity contribution in [1.29, 1.82) is 0 Å². The van der Waals surface area contributed by atoms with E-state index in [1.54, 1.807) is 0 Å². The summed E-state index contributed by atoms with van der Waals surface area (Å²) in [6.07, 6.45) is -2.72. The first-order chi connectivity index (χ1) is 5.78. The Morgan fingerprint density at radius 1 is 1.00 bits per heavy atom. The van der Waals surface area contributed by atoms with Crippen molar-refractivity contribution >= 4 is 17.9 Å². The van der Waals surface area contributed by atoms with E-state index in [2.05, 4.69) is 0 Å². The van der Waals surface area contributed by atoms with E-state index in [9.17, 15) is 29.7 Å². The van der Waals surface area contributed by atoms with Gasteiger partial charge < -0.3 is 41.0 Å². The van der Waals surface area contributed by atoms with Gasteiger partial charge in [-0.25, -0.2) is 0 Å². The second-order valence-corrected chi connectivity index (χ2v) is 2.42. The van der Waals surface area contributed by atoms with Crippen molar-refractivity contribution in [3.8, 4) is 0 Å². The quantitative estimate of drug-likeness (QED) is 0.506. The van der Waals surface area contributed by atoms with Crippen molar-refractivity contribution in [2.45, 2.75) is 18.4 Å². The summed E-state index contributed by atoms with van der Waals surface area (Å²) in [6.45, 7) is 0. The topological polar surface area (TPSA) is 176 Å². The largest absolute Gasteiger partial charge is 4.00 e. The smallest absolute Gasteiger partial charge is 0.550 e. The molecule has 82 valence electrons. The molecule has 9 heteroatoms. The molecule has 0 bridgehead atoms. The van der Waals surface area contributed by atoms with Crippen LogP contribution in [0.1, 0.15) is 12.8 Å². The molecule has 0 aliphatic carbocycles. The van der Waals surface area contributed by atoms with E-state index < -0.39 is 36.4 Å². The zero-order valence-corrected chi connectivity index (χ0v) is 9.98. The van der Waals surface area contributed by atoms with Crippen molar-refractivity contribution in [2.75, 3.05) is 0 Å². The minimum absolute atomic E-state index is 0. The van der Waals surface area contributed by atoms with Crippen LogP contribution in [0.3, 0.4) is 0 Å². The maximum Gasteiger partial charge on any atom is 4.00 e. The van der Waals surface area contributed by atoms with Gasteiger partial charge in [0.25, 0.3) is 0 Å². The predicted molar refractivity (Wildman–Crippen MR) is 34.2 cm³/mol. The molecular weight excluding hydrogens is 289 g/mol. The second-order valence-electron chi connectivity index (χ2n) is 2.42. The monoisotopic (exact) mass is 296 g/mol. The number of rotatable bonds is 5. The predicted octanol–water partition coefficient (Wildman–Crippen LogP) is -5.09.